The van der Waals surface area contributed by atoms with Crippen molar-refractivity contribution in [2.45, 2.75) is 12.0 Å². The molecule has 2 aliphatic heterocycles. The second-order valence-corrected chi connectivity index (χ2v) is 5.34. The van der Waals surface area contributed by atoms with E-state index in [1.807, 2.05) is 6.07 Å². The third-order valence-corrected chi connectivity index (χ3v) is 4.21. The fourth-order valence-electron chi connectivity index (χ4n) is 3.10. The van der Waals surface area contributed by atoms with Crippen LogP contribution in [0, 0.1) is 0 Å². The summed E-state index contributed by atoms with van der Waals surface area (Å²) < 4.78 is 16.6. The Morgan fingerprint density at radius 1 is 1.00 bits per heavy atom. The molecule has 6 nitrogen and oxygen atoms in total. The van der Waals surface area contributed by atoms with Gasteiger partial charge in [-0.1, -0.05) is 6.07 Å². The Bertz CT molecular complexity index is 770. The maximum Gasteiger partial charge on any atom is 0.201 e. The number of benzene rings is 2. The maximum absolute atomic E-state index is 10.2. The van der Waals surface area contributed by atoms with Crippen LogP contribution in [0.4, 0.5) is 0 Å². The minimum atomic E-state index is -0.386. The normalized spacial score (nSPS) is 21.1. The minimum Gasteiger partial charge on any atom is -0.504 e. The molecule has 0 radical (unpaired) electrons. The van der Waals surface area contributed by atoms with E-state index in [0.29, 0.717) is 17.1 Å². The zero-order valence-electron chi connectivity index (χ0n) is 11.7. The summed E-state index contributed by atoms with van der Waals surface area (Å²) in [6, 6.07) is 6.57. The molecule has 2 atom stereocenters. The molecule has 2 aliphatic rings. The van der Waals surface area contributed by atoms with Crippen molar-refractivity contribution in [1.82, 2.24) is 0 Å². The smallest absolute Gasteiger partial charge is 0.201 e. The number of hydrogen-bond donors (Lipinski definition) is 3. The molecule has 0 aromatic heterocycles. The molecule has 22 heavy (non-hydrogen) atoms. The van der Waals surface area contributed by atoms with E-state index in [1.165, 1.54) is 13.2 Å². The molecule has 0 saturated carbocycles. The lowest BCUT2D eigenvalue weighted by molar-refractivity contribution is 0.133. The summed E-state index contributed by atoms with van der Waals surface area (Å²) in [7, 11) is 1.47. The van der Waals surface area contributed by atoms with E-state index in [0.717, 1.165) is 5.56 Å². The average Bonchev–Trinajstić information content (AvgIpc) is 2.91. The summed E-state index contributed by atoms with van der Waals surface area (Å²) in [5, 5.41) is 29.7. The second-order valence-electron chi connectivity index (χ2n) is 5.34. The summed E-state index contributed by atoms with van der Waals surface area (Å²) in [5.74, 6) is 0.266. The first-order valence-electron chi connectivity index (χ1n) is 6.86. The van der Waals surface area contributed by atoms with E-state index in [-0.39, 0.29) is 41.6 Å². The van der Waals surface area contributed by atoms with Gasteiger partial charge in [-0.15, -0.1) is 0 Å². The van der Waals surface area contributed by atoms with Crippen molar-refractivity contribution in [1.29, 1.82) is 0 Å². The monoisotopic (exact) mass is 302 g/mol. The fraction of sp³-hybridized carbons (Fsp3) is 0.250. The van der Waals surface area contributed by atoms with Gasteiger partial charge in [-0.05, 0) is 18.2 Å². The Labute approximate surface area is 126 Å². The van der Waals surface area contributed by atoms with Crippen LogP contribution in [0.5, 0.6) is 34.5 Å². The van der Waals surface area contributed by atoms with Gasteiger partial charge in [-0.2, -0.15) is 0 Å². The number of ether oxygens (including phenoxy) is 3. The molecule has 0 amide bonds. The third kappa shape index (κ3) is 1.55. The largest absolute Gasteiger partial charge is 0.504 e. The van der Waals surface area contributed by atoms with E-state index in [9.17, 15) is 15.3 Å². The first kappa shape index (κ1) is 12.9. The van der Waals surface area contributed by atoms with Crippen LogP contribution in [-0.4, -0.2) is 29.0 Å². The Hall–Kier alpha value is -2.76. The summed E-state index contributed by atoms with van der Waals surface area (Å²) in [6.45, 7) is 0.285. The summed E-state index contributed by atoms with van der Waals surface area (Å²) >= 11 is 0. The summed E-state index contributed by atoms with van der Waals surface area (Å²) in [5.41, 5.74) is 1.47. The number of rotatable bonds is 1. The van der Waals surface area contributed by atoms with Crippen molar-refractivity contribution in [2.24, 2.45) is 0 Å². The van der Waals surface area contributed by atoms with E-state index in [2.05, 4.69) is 0 Å². The van der Waals surface area contributed by atoms with Gasteiger partial charge in [0.15, 0.2) is 23.0 Å². The standard InChI is InChI=1S/C16H14O6/c1-20-11-5-3-7-9-6-21-15-8(2-4-10(17)12(15)18)14(9)22-16(7)13(11)19/h2-5,9,14,17-19H,6H2,1H3/t9-,14-/m1/s1. The summed E-state index contributed by atoms with van der Waals surface area (Å²) in [4.78, 5) is 0. The van der Waals surface area contributed by atoms with Gasteiger partial charge in [-0.3, -0.25) is 0 Å². The van der Waals surface area contributed by atoms with Crippen molar-refractivity contribution in [3.8, 4) is 34.5 Å². The van der Waals surface area contributed by atoms with Gasteiger partial charge in [0.25, 0.3) is 0 Å². The van der Waals surface area contributed by atoms with Crippen LogP contribution in [0.2, 0.25) is 0 Å². The molecule has 0 unspecified atom stereocenters. The highest BCUT2D eigenvalue weighted by molar-refractivity contribution is 5.62. The molecule has 114 valence electrons. The van der Waals surface area contributed by atoms with Gasteiger partial charge in [0.05, 0.1) is 19.6 Å². The molecule has 0 bridgehead atoms. The fourth-order valence-corrected chi connectivity index (χ4v) is 3.10. The van der Waals surface area contributed by atoms with E-state index < -0.39 is 0 Å². The molecular formula is C16H14O6. The summed E-state index contributed by atoms with van der Waals surface area (Å²) in [6.07, 6.45) is -0.386. The van der Waals surface area contributed by atoms with E-state index in [1.54, 1.807) is 12.1 Å². The number of methoxy groups -OCH3 is 1. The Kier molecular flexibility index (Phi) is 2.57. The molecular weight excluding hydrogens is 288 g/mol. The van der Waals surface area contributed by atoms with Gasteiger partial charge in [0, 0.05) is 11.1 Å². The van der Waals surface area contributed by atoms with Crippen molar-refractivity contribution in [2.75, 3.05) is 13.7 Å². The highest BCUT2D eigenvalue weighted by Gasteiger charge is 2.43. The lowest BCUT2D eigenvalue weighted by atomic mass is 9.89. The van der Waals surface area contributed by atoms with E-state index >= 15 is 0 Å². The van der Waals surface area contributed by atoms with Crippen LogP contribution in [0.3, 0.4) is 0 Å². The van der Waals surface area contributed by atoms with Gasteiger partial charge >= 0.3 is 0 Å². The van der Waals surface area contributed by atoms with Crippen molar-refractivity contribution in [3.63, 3.8) is 0 Å². The zero-order valence-corrected chi connectivity index (χ0v) is 11.7. The van der Waals surface area contributed by atoms with Crippen LogP contribution in [0.15, 0.2) is 24.3 Å². The van der Waals surface area contributed by atoms with Crippen LogP contribution in [0.25, 0.3) is 0 Å². The molecule has 4 rings (SSSR count). The topological polar surface area (TPSA) is 88.4 Å². The highest BCUT2D eigenvalue weighted by atomic mass is 16.5. The number of fused-ring (bicyclic) bond motifs is 5. The molecule has 0 aliphatic carbocycles. The number of phenolic OH excluding ortho intramolecular Hbond substituents is 3. The SMILES string of the molecule is COc1ccc2c(c1O)O[C@@H]1c3ccc(O)c(O)c3OC[C@H]21. The lowest BCUT2D eigenvalue weighted by Crippen LogP contribution is -2.23. The van der Waals surface area contributed by atoms with Gasteiger partial charge in [0.2, 0.25) is 11.5 Å². The van der Waals surface area contributed by atoms with Crippen LogP contribution in [-0.2, 0) is 0 Å². The maximum atomic E-state index is 10.2. The van der Waals surface area contributed by atoms with Gasteiger partial charge in [-0.25, -0.2) is 0 Å². The predicted octanol–water partition coefficient (Wildman–Crippen LogP) is 2.42. The van der Waals surface area contributed by atoms with Gasteiger partial charge in [0.1, 0.15) is 6.10 Å². The van der Waals surface area contributed by atoms with Crippen LogP contribution >= 0.6 is 0 Å². The average molecular weight is 302 g/mol. The molecule has 2 aromatic rings. The zero-order chi connectivity index (χ0) is 15.4. The molecule has 2 heterocycles. The molecule has 0 saturated heterocycles. The van der Waals surface area contributed by atoms with Crippen molar-refractivity contribution < 1.29 is 29.5 Å². The predicted molar refractivity (Wildman–Crippen MR) is 76.0 cm³/mol. The molecule has 0 fully saturated rings. The van der Waals surface area contributed by atoms with E-state index in [4.69, 9.17) is 14.2 Å². The number of phenols is 3. The molecule has 3 N–H and O–H groups in total. The second kappa shape index (κ2) is 4.37. The quantitative estimate of drug-likeness (QED) is 0.701. The molecule has 6 heteroatoms. The Balaban J connectivity index is 1.83. The van der Waals surface area contributed by atoms with Crippen molar-refractivity contribution >= 4 is 0 Å². The Morgan fingerprint density at radius 3 is 2.55 bits per heavy atom. The third-order valence-electron chi connectivity index (χ3n) is 4.21. The van der Waals surface area contributed by atoms with Gasteiger partial charge < -0.3 is 29.5 Å². The first-order valence-corrected chi connectivity index (χ1v) is 6.86. The molecule has 0 spiro atoms. The minimum absolute atomic E-state index is 0.0426. The lowest BCUT2D eigenvalue weighted by Gasteiger charge is -2.28. The number of hydrogen-bond acceptors (Lipinski definition) is 6. The Morgan fingerprint density at radius 2 is 1.77 bits per heavy atom. The highest BCUT2D eigenvalue weighted by Crippen LogP contribution is 2.57. The number of aromatic hydroxyl groups is 3. The van der Waals surface area contributed by atoms with Crippen molar-refractivity contribution in [3.05, 3.63) is 35.4 Å². The van der Waals surface area contributed by atoms with Crippen LogP contribution < -0.4 is 14.2 Å². The molecule has 2 aromatic carbocycles. The van der Waals surface area contributed by atoms with Crippen LogP contribution in [0.1, 0.15) is 23.1 Å². The first-order chi connectivity index (χ1) is 10.6.